The molecule has 16 heavy (non-hydrogen) atoms. The van der Waals surface area contributed by atoms with E-state index < -0.39 is 0 Å². The first kappa shape index (κ1) is 11.8. The zero-order valence-corrected chi connectivity index (χ0v) is 9.71. The summed E-state index contributed by atoms with van der Waals surface area (Å²) < 4.78 is 18.5. The lowest BCUT2D eigenvalue weighted by atomic mass is 10.2. The van der Waals surface area contributed by atoms with E-state index in [1.54, 1.807) is 6.07 Å². The van der Waals surface area contributed by atoms with Crippen molar-refractivity contribution in [1.82, 2.24) is 0 Å². The van der Waals surface area contributed by atoms with E-state index in [2.05, 4.69) is 0 Å². The van der Waals surface area contributed by atoms with E-state index in [9.17, 15) is 4.39 Å². The Hall–Kier alpha value is -0.640. The molecule has 1 aliphatic rings. The van der Waals surface area contributed by atoms with E-state index in [1.165, 1.54) is 12.1 Å². The Balaban J connectivity index is 1.94. The normalized spacial score (nSPS) is 24.9. The molecule has 0 bridgehead atoms. The van der Waals surface area contributed by atoms with Gasteiger partial charge < -0.3 is 10.5 Å². The third kappa shape index (κ3) is 2.73. The van der Waals surface area contributed by atoms with Crippen LogP contribution in [0.2, 0.25) is 5.02 Å². The highest BCUT2D eigenvalue weighted by Crippen LogP contribution is 2.23. The fourth-order valence-electron chi connectivity index (χ4n) is 2.00. The molecule has 2 atom stereocenters. The Kier molecular flexibility index (Phi) is 3.79. The molecular weight excluding hydrogens is 229 g/mol. The molecule has 1 aromatic rings. The smallest absolute Gasteiger partial charge is 0.124 e. The predicted octanol–water partition coefficient (Wildman–Crippen LogP) is 2.88. The van der Waals surface area contributed by atoms with Gasteiger partial charge in [-0.05, 0) is 37.0 Å². The summed E-state index contributed by atoms with van der Waals surface area (Å²) in [6, 6.07) is 4.46. The summed E-state index contributed by atoms with van der Waals surface area (Å²) in [6.07, 6.45) is 3.24. The molecule has 2 nitrogen and oxygen atoms in total. The first-order valence-electron chi connectivity index (χ1n) is 5.48. The minimum absolute atomic E-state index is 0.112. The lowest BCUT2D eigenvalue weighted by molar-refractivity contribution is 0.0357. The minimum Gasteiger partial charge on any atom is -0.372 e. The zero-order valence-electron chi connectivity index (χ0n) is 8.96. The summed E-state index contributed by atoms with van der Waals surface area (Å²) in [6.45, 7) is 0.400. The quantitative estimate of drug-likeness (QED) is 0.886. The van der Waals surface area contributed by atoms with Gasteiger partial charge in [-0.3, -0.25) is 0 Å². The molecule has 2 unspecified atom stereocenters. The van der Waals surface area contributed by atoms with Crippen LogP contribution in [0.1, 0.15) is 24.8 Å². The van der Waals surface area contributed by atoms with E-state index in [0.717, 1.165) is 24.8 Å². The molecule has 1 fully saturated rings. The molecule has 0 radical (unpaired) electrons. The van der Waals surface area contributed by atoms with E-state index >= 15 is 0 Å². The van der Waals surface area contributed by atoms with Crippen LogP contribution in [0.4, 0.5) is 4.39 Å². The van der Waals surface area contributed by atoms with Gasteiger partial charge in [-0.15, -0.1) is 0 Å². The SMILES string of the molecule is NC1CCCC1OCc1ccc(F)cc1Cl. The lowest BCUT2D eigenvalue weighted by Crippen LogP contribution is -2.31. The van der Waals surface area contributed by atoms with E-state index in [4.69, 9.17) is 22.1 Å². The summed E-state index contributed by atoms with van der Waals surface area (Å²) >= 11 is 5.90. The Morgan fingerprint density at radius 2 is 2.25 bits per heavy atom. The van der Waals surface area contributed by atoms with Gasteiger partial charge in [0.05, 0.1) is 12.7 Å². The summed E-state index contributed by atoms with van der Waals surface area (Å²) in [4.78, 5) is 0. The molecule has 1 saturated carbocycles. The number of hydrogen-bond donors (Lipinski definition) is 1. The topological polar surface area (TPSA) is 35.2 Å². The average Bonchev–Trinajstić information content (AvgIpc) is 2.63. The summed E-state index contributed by atoms with van der Waals surface area (Å²) in [5.74, 6) is -0.327. The van der Waals surface area contributed by atoms with Crippen molar-refractivity contribution in [1.29, 1.82) is 0 Å². The van der Waals surface area contributed by atoms with Crippen molar-refractivity contribution in [3.05, 3.63) is 34.6 Å². The Labute approximate surface area is 99.5 Å². The minimum atomic E-state index is -0.327. The second-order valence-corrected chi connectivity index (χ2v) is 4.59. The number of benzene rings is 1. The molecule has 0 saturated heterocycles. The van der Waals surface area contributed by atoms with Crippen molar-refractivity contribution in [3.8, 4) is 0 Å². The van der Waals surface area contributed by atoms with Crippen LogP contribution in [0.15, 0.2) is 18.2 Å². The van der Waals surface area contributed by atoms with Crippen molar-refractivity contribution in [2.75, 3.05) is 0 Å². The van der Waals surface area contributed by atoms with Gasteiger partial charge in [-0.1, -0.05) is 17.7 Å². The molecule has 2 N–H and O–H groups in total. The first-order chi connectivity index (χ1) is 7.66. The second kappa shape index (κ2) is 5.13. The number of halogens is 2. The maximum Gasteiger partial charge on any atom is 0.124 e. The van der Waals surface area contributed by atoms with E-state index in [1.807, 2.05) is 0 Å². The fourth-order valence-corrected chi connectivity index (χ4v) is 2.22. The number of nitrogens with two attached hydrogens (primary N) is 1. The van der Waals surface area contributed by atoms with Crippen LogP contribution in [-0.4, -0.2) is 12.1 Å². The molecule has 4 heteroatoms. The predicted molar refractivity (Wildman–Crippen MR) is 61.8 cm³/mol. The number of hydrogen-bond acceptors (Lipinski definition) is 2. The molecule has 1 aromatic carbocycles. The molecule has 2 rings (SSSR count). The highest BCUT2D eigenvalue weighted by atomic mass is 35.5. The summed E-state index contributed by atoms with van der Waals surface area (Å²) in [5.41, 5.74) is 6.69. The van der Waals surface area contributed by atoms with E-state index in [-0.39, 0.29) is 18.0 Å². The highest BCUT2D eigenvalue weighted by molar-refractivity contribution is 6.31. The Bertz CT molecular complexity index is 372. The van der Waals surface area contributed by atoms with Crippen molar-refractivity contribution in [3.63, 3.8) is 0 Å². The maximum absolute atomic E-state index is 12.8. The van der Waals surface area contributed by atoms with Gasteiger partial charge in [0, 0.05) is 11.1 Å². The van der Waals surface area contributed by atoms with Crippen LogP contribution in [0.3, 0.4) is 0 Å². The molecule has 0 aliphatic heterocycles. The van der Waals surface area contributed by atoms with Crippen molar-refractivity contribution < 1.29 is 9.13 Å². The number of rotatable bonds is 3. The maximum atomic E-state index is 12.8. The van der Waals surface area contributed by atoms with Gasteiger partial charge in [0.15, 0.2) is 0 Å². The van der Waals surface area contributed by atoms with Crippen LogP contribution in [0.25, 0.3) is 0 Å². The molecule has 1 aliphatic carbocycles. The molecule has 0 amide bonds. The van der Waals surface area contributed by atoms with Gasteiger partial charge in [0.25, 0.3) is 0 Å². The van der Waals surface area contributed by atoms with Crippen molar-refractivity contribution >= 4 is 11.6 Å². The summed E-state index contributed by atoms with van der Waals surface area (Å²) in [7, 11) is 0. The molecule has 0 heterocycles. The van der Waals surface area contributed by atoms with Crippen LogP contribution in [-0.2, 0) is 11.3 Å². The second-order valence-electron chi connectivity index (χ2n) is 4.18. The van der Waals surface area contributed by atoms with Gasteiger partial charge in [0.1, 0.15) is 5.82 Å². The molecular formula is C12H15ClFNO. The van der Waals surface area contributed by atoms with Gasteiger partial charge in [-0.25, -0.2) is 4.39 Å². The molecule has 88 valence electrons. The third-order valence-corrected chi connectivity index (χ3v) is 3.32. The standard InChI is InChI=1S/C12H15ClFNO/c13-10-6-9(14)5-4-8(10)7-16-12-3-1-2-11(12)15/h4-6,11-12H,1-3,7,15H2. The van der Waals surface area contributed by atoms with Gasteiger partial charge >= 0.3 is 0 Å². The van der Waals surface area contributed by atoms with Crippen molar-refractivity contribution in [2.24, 2.45) is 5.73 Å². The highest BCUT2D eigenvalue weighted by Gasteiger charge is 2.24. The van der Waals surface area contributed by atoms with Crippen LogP contribution < -0.4 is 5.73 Å². The fraction of sp³-hybridized carbons (Fsp3) is 0.500. The molecule has 0 spiro atoms. The van der Waals surface area contributed by atoms with Gasteiger partial charge in [0.2, 0.25) is 0 Å². The van der Waals surface area contributed by atoms with Crippen LogP contribution >= 0.6 is 11.6 Å². The largest absolute Gasteiger partial charge is 0.372 e. The van der Waals surface area contributed by atoms with Crippen LogP contribution in [0, 0.1) is 5.82 Å². The summed E-state index contributed by atoms with van der Waals surface area (Å²) in [5, 5.41) is 0.409. The van der Waals surface area contributed by atoms with Crippen LogP contribution in [0.5, 0.6) is 0 Å². The third-order valence-electron chi connectivity index (χ3n) is 2.97. The Morgan fingerprint density at radius 1 is 1.44 bits per heavy atom. The van der Waals surface area contributed by atoms with E-state index in [0.29, 0.717) is 11.6 Å². The average molecular weight is 244 g/mol. The lowest BCUT2D eigenvalue weighted by Gasteiger charge is -2.16. The zero-order chi connectivity index (χ0) is 11.5. The number of ether oxygens (including phenoxy) is 1. The molecule has 0 aromatic heterocycles. The monoisotopic (exact) mass is 243 g/mol. The Morgan fingerprint density at radius 3 is 2.88 bits per heavy atom. The van der Waals surface area contributed by atoms with Crippen molar-refractivity contribution in [2.45, 2.75) is 38.0 Å². The first-order valence-corrected chi connectivity index (χ1v) is 5.86. The van der Waals surface area contributed by atoms with Gasteiger partial charge in [-0.2, -0.15) is 0 Å².